The second kappa shape index (κ2) is 11.0. The predicted octanol–water partition coefficient (Wildman–Crippen LogP) is 2.87. The number of aliphatic hydroxyl groups excluding tert-OH is 1. The summed E-state index contributed by atoms with van der Waals surface area (Å²) in [6, 6.07) is 6.05. The molecule has 0 radical (unpaired) electrons. The monoisotopic (exact) mass is 624 g/mol. The minimum absolute atomic E-state index is 0.00443. The second-order valence-corrected chi connectivity index (χ2v) is 12.6. The molecule has 0 unspecified atom stereocenters. The van der Waals surface area contributed by atoms with Gasteiger partial charge in [-0.2, -0.15) is 4.31 Å². The number of amides is 2. The van der Waals surface area contributed by atoms with Crippen LogP contribution in [0.5, 0.6) is 5.75 Å². The molecule has 15 heteroatoms. The lowest BCUT2D eigenvalue weighted by Crippen LogP contribution is -2.53. The number of benzene rings is 2. The minimum Gasteiger partial charge on any atom is -0.403 e. The molecule has 3 aliphatic rings. The van der Waals surface area contributed by atoms with Gasteiger partial charge in [-0.3, -0.25) is 14.6 Å². The van der Waals surface area contributed by atoms with Crippen LogP contribution in [0.3, 0.4) is 0 Å². The highest BCUT2D eigenvalue weighted by Crippen LogP contribution is 2.34. The van der Waals surface area contributed by atoms with Gasteiger partial charge in [0, 0.05) is 42.7 Å². The van der Waals surface area contributed by atoms with E-state index in [2.05, 4.69) is 15.0 Å². The summed E-state index contributed by atoms with van der Waals surface area (Å²) in [7, 11) is -3.91. The molecule has 0 atom stereocenters. The van der Waals surface area contributed by atoms with E-state index in [0.29, 0.717) is 22.3 Å². The number of aliphatic imine (C=N–C) groups is 1. The van der Waals surface area contributed by atoms with E-state index in [9.17, 15) is 40.7 Å². The van der Waals surface area contributed by atoms with Crippen molar-refractivity contribution in [3.05, 3.63) is 69.4 Å². The Hall–Kier alpha value is -3.82. The quantitative estimate of drug-likeness (QED) is 0.476. The van der Waals surface area contributed by atoms with Crippen LogP contribution in [-0.4, -0.2) is 84.6 Å². The summed E-state index contributed by atoms with van der Waals surface area (Å²) in [5, 5.41) is 13.0. The zero-order valence-electron chi connectivity index (χ0n) is 23.1. The number of carbonyl (C=O) groups excluding carboxylic acids is 2. The summed E-state index contributed by atoms with van der Waals surface area (Å²) in [5.74, 6) is -3.12. The molecule has 0 aromatic heterocycles. The highest BCUT2D eigenvalue weighted by atomic mass is 32.2. The van der Waals surface area contributed by atoms with Crippen LogP contribution >= 0.6 is 0 Å². The zero-order chi connectivity index (χ0) is 31.3. The molecule has 10 nitrogen and oxygen atoms in total. The van der Waals surface area contributed by atoms with E-state index in [-0.39, 0.29) is 56.3 Å². The minimum atomic E-state index is -5.12. The maximum atomic E-state index is 13.8. The molecule has 43 heavy (non-hydrogen) atoms. The van der Waals surface area contributed by atoms with Crippen molar-refractivity contribution in [3.8, 4) is 5.75 Å². The number of aliphatic hydroxyl groups is 1. The Bertz CT molecular complexity index is 1620. The Balaban J connectivity index is 1.27. The molecule has 2 fully saturated rings. The number of nitrogens with one attached hydrogen (secondary N) is 1. The van der Waals surface area contributed by atoms with E-state index in [1.165, 1.54) is 15.3 Å². The Labute approximate surface area is 244 Å². The lowest BCUT2D eigenvalue weighted by molar-refractivity contribution is -0.275. The van der Waals surface area contributed by atoms with Crippen molar-refractivity contribution in [3.63, 3.8) is 0 Å². The number of ether oxygens (including phenoxy) is 1. The summed E-state index contributed by atoms with van der Waals surface area (Å²) >= 11 is 0. The Morgan fingerprint density at radius 3 is 2.35 bits per heavy atom. The maximum absolute atomic E-state index is 13.8. The molecule has 0 aliphatic carbocycles. The highest BCUT2D eigenvalue weighted by molar-refractivity contribution is 7.92. The van der Waals surface area contributed by atoms with Crippen molar-refractivity contribution < 1.29 is 45.4 Å². The number of aryl methyl sites for hydroxylation is 2. The summed E-state index contributed by atoms with van der Waals surface area (Å²) in [4.78, 5) is 31.4. The van der Waals surface area contributed by atoms with Gasteiger partial charge < -0.3 is 20.1 Å². The third-order valence-electron chi connectivity index (χ3n) is 7.72. The molecule has 2 saturated heterocycles. The Morgan fingerprint density at radius 1 is 1.14 bits per heavy atom. The van der Waals surface area contributed by atoms with Gasteiger partial charge in [0.2, 0.25) is 10.0 Å². The van der Waals surface area contributed by atoms with Crippen LogP contribution in [0, 0.1) is 19.7 Å². The van der Waals surface area contributed by atoms with Crippen LogP contribution in [0.15, 0.2) is 40.7 Å². The molecular formula is C28H28F4N4O6S. The topological polar surface area (TPSA) is 129 Å². The van der Waals surface area contributed by atoms with Crippen molar-refractivity contribution >= 4 is 33.7 Å². The average Bonchev–Trinajstić information content (AvgIpc) is 3.21. The van der Waals surface area contributed by atoms with Crippen LogP contribution in [0.25, 0.3) is 6.08 Å². The van der Waals surface area contributed by atoms with Gasteiger partial charge in [-0.15, -0.1) is 13.2 Å². The Kier molecular flexibility index (Phi) is 7.86. The van der Waals surface area contributed by atoms with Gasteiger partial charge in [0.25, 0.3) is 11.8 Å². The van der Waals surface area contributed by atoms with E-state index in [1.807, 2.05) is 0 Å². The smallest absolute Gasteiger partial charge is 0.403 e. The molecule has 5 rings (SSSR count). The van der Waals surface area contributed by atoms with Crippen LogP contribution < -0.4 is 10.1 Å². The van der Waals surface area contributed by atoms with E-state index in [0.717, 1.165) is 23.6 Å². The van der Waals surface area contributed by atoms with Crippen molar-refractivity contribution in [1.29, 1.82) is 0 Å². The first-order chi connectivity index (χ1) is 20.1. The lowest BCUT2D eigenvalue weighted by atomic mass is 9.89. The predicted molar refractivity (Wildman–Crippen MR) is 147 cm³/mol. The van der Waals surface area contributed by atoms with Crippen molar-refractivity contribution in [2.24, 2.45) is 4.99 Å². The standard InChI is InChI=1S/C28H28F4N4O6S/c1-16-11-19(25(38)35-14-20(37)15-35)12-17(2)21(16)5-10-43(40,41)36-8-6-27(7-9-36)26(39)33-24(34-27)18-3-4-22(29)23(13-18)42-28(30,31)32/h3-5,10-13,20,37H,6-9,14-15H2,1-2H3,(H,33,34,39). The number of nitrogens with zero attached hydrogens (tertiary/aromatic N) is 3. The molecule has 0 saturated carbocycles. The van der Waals surface area contributed by atoms with Gasteiger partial charge in [-0.05, 0) is 79.8 Å². The van der Waals surface area contributed by atoms with Gasteiger partial charge >= 0.3 is 6.36 Å². The number of rotatable bonds is 6. The number of hydrogen-bond donors (Lipinski definition) is 2. The van der Waals surface area contributed by atoms with Crippen molar-refractivity contribution in [1.82, 2.24) is 14.5 Å². The lowest BCUT2D eigenvalue weighted by Gasteiger charge is -2.36. The molecule has 2 aromatic rings. The summed E-state index contributed by atoms with van der Waals surface area (Å²) in [6.07, 6.45) is -4.15. The Morgan fingerprint density at radius 2 is 1.77 bits per heavy atom. The number of sulfonamides is 1. The molecular weight excluding hydrogens is 596 g/mol. The number of hydrogen-bond acceptors (Lipinski definition) is 7. The second-order valence-electron chi connectivity index (χ2n) is 10.8. The SMILES string of the molecule is Cc1cc(C(=O)N2CC(O)C2)cc(C)c1C=CS(=O)(=O)N1CCC2(CC1)N=C(c1ccc(F)c(OC(F)(F)F)c1)NC2=O. The third-order valence-corrected chi connectivity index (χ3v) is 9.28. The third kappa shape index (κ3) is 6.28. The van der Waals surface area contributed by atoms with Crippen LogP contribution in [0.4, 0.5) is 17.6 Å². The summed E-state index contributed by atoms with van der Waals surface area (Å²) < 4.78 is 83.0. The molecule has 3 aliphatic heterocycles. The molecule has 2 aromatic carbocycles. The van der Waals surface area contributed by atoms with Gasteiger partial charge in [-0.1, -0.05) is 0 Å². The summed E-state index contributed by atoms with van der Waals surface area (Å²) in [6.45, 7) is 3.98. The number of halogens is 4. The fourth-order valence-corrected chi connectivity index (χ4v) is 6.53. The van der Waals surface area contributed by atoms with E-state index >= 15 is 0 Å². The first kappa shape index (κ1) is 30.6. The number of amidine groups is 1. The van der Waals surface area contributed by atoms with Crippen LogP contribution in [0.1, 0.15) is 45.5 Å². The maximum Gasteiger partial charge on any atom is 0.573 e. The molecule has 3 heterocycles. The van der Waals surface area contributed by atoms with Crippen molar-refractivity contribution in [2.45, 2.75) is 44.7 Å². The normalized spacial score (nSPS) is 19.5. The van der Waals surface area contributed by atoms with Gasteiger partial charge in [0.15, 0.2) is 11.6 Å². The van der Waals surface area contributed by atoms with Crippen LogP contribution in [0.2, 0.25) is 0 Å². The number of likely N-dealkylation sites (tertiary alicyclic amines) is 1. The molecule has 2 N–H and O–H groups in total. The molecule has 230 valence electrons. The molecule has 1 spiro atoms. The highest BCUT2D eigenvalue weighted by Gasteiger charge is 2.47. The fourth-order valence-electron chi connectivity index (χ4n) is 5.36. The van der Waals surface area contributed by atoms with Crippen molar-refractivity contribution in [2.75, 3.05) is 26.2 Å². The number of piperidine rings is 1. The zero-order valence-corrected chi connectivity index (χ0v) is 23.9. The van der Waals surface area contributed by atoms with Crippen LogP contribution in [-0.2, 0) is 14.8 Å². The first-order valence-electron chi connectivity index (χ1n) is 13.3. The fraction of sp³-hybridized carbons (Fsp3) is 0.393. The largest absolute Gasteiger partial charge is 0.573 e. The van der Waals surface area contributed by atoms with Gasteiger partial charge in [-0.25, -0.2) is 12.8 Å². The van der Waals surface area contributed by atoms with E-state index in [4.69, 9.17) is 0 Å². The average molecular weight is 625 g/mol. The first-order valence-corrected chi connectivity index (χ1v) is 14.8. The molecule has 2 amide bonds. The summed E-state index contributed by atoms with van der Waals surface area (Å²) in [5.41, 5.74) is 1.15. The number of β-amino-alcohol motifs (C(OH)–C–C–N with tert-alkyl or cyclic N) is 1. The van der Waals surface area contributed by atoms with E-state index in [1.54, 1.807) is 26.0 Å². The number of alkyl halides is 3. The van der Waals surface area contributed by atoms with E-state index < -0.39 is 45.5 Å². The molecule has 0 bridgehead atoms. The van der Waals surface area contributed by atoms with Gasteiger partial charge in [0.1, 0.15) is 11.4 Å². The van der Waals surface area contributed by atoms with Gasteiger partial charge in [0.05, 0.1) is 6.10 Å². The number of carbonyl (C=O) groups is 2.